The van der Waals surface area contributed by atoms with Gasteiger partial charge in [0.1, 0.15) is 5.75 Å². The molecule has 2 N–H and O–H groups in total. The van der Waals surface area contributed by atoms with Gasteiger partial charge in [0, 0.05) is 19.1 Å². The molecule has 0 spiro atoms. The zero-order valence-corrected chi connectivity index (χ0v) is 10.1. The first-order valence-electron chi connectivity index (χ1n) is 5.86. The van der Waals surface area contributed by atoms with Crippen molar-refractivity contribution >= 4 is 0 Å². The fourth-order valence-electron chi connectivity index (χ4n) is 1.72. The van der Waals surface area contributed by atoms with Gasteiger partial charge in [-0.1, -0.05) is 12.1 Å². The van der Waals surface area contributed by atoms with Gasteiger partial charge in [0.2, 0.25) is 0 Å². The predicted molar refractivity (Wildman–Crippen MR) is 65.1 cm³/mol. The van der Waals surface area contributed by atoms with Crippen LogP contribution in [0.4, 0.5) is 0 Å². The summed E-state index contributed by atoms with van der Waals surface area (Å²) in [4.78, 5) is 0. The van der Waals surface area contributed by atoms with Crippen molar-refractivity contribution < 1.29 is 14.2 Å². The molecule has 1 aromatic rings. The molecule has 94 valence electrons. The Morgan fingerprint density at radius 1 is 1.24 bits per heavy atom. The second-order valence-corrected chi connectivity index (χ2v) is 4.24. The second-order valence-electron chi connectivity index (χ2n) is 4.24. The summed E-state index contributed by atoms with van der Waals surface area (Å²) in [6, 6.07) is 8.41. The highest BCUT2D eigenvalue weighted by atomic mass is 16.7. The Kier molecular flexibility index (Phi) is 4.36. The summed E-state index contributed by atoms with van der Waals surface area (Å²) in [5.74, 6) is 1.36. The molecule has 2 rings (SSSR count). The van der Waals surface area contributed by atoms with E-state index in [9.17, 15) is 0 Å². The van der Waals surface area contributed by atoms with Gasteiger partial charge >= 0.3 is 0 Å². The molecule has 1 aromatic carbocycles. The molecule has 1 aliphatic rings. The van der Waals surface area contributed by atoms with Crippen molar-refractivity contribution in [2.45, 2.75) is 18.4 Å². The Morgan fingerprint density at radius 3 is 2.53 bits per heavy atom. The fraction of sp³-hybridized carbons (Fsp3) is 0.538. The van der Waals surface area contributed by atoms with E-state index in [2.05, 4.69) is 12.1 Å². The highest BCUT2D eigenvalue weighted by Gasteiger charge is 2.34. The van der Waals surface area contributed by atoms with Crippen molar-refractivity contribution in [1.82, 2.24) is 0 Å². The minimum absolute atomic E-state index is 0.256. The number of hydrogen-bond acceptors (Lipinski definition) is 4. The first kappa shape index (κ1) is 12.4. The van der Waals surface area contributed by atoms with Crippen molar-refractivity contribution in [3.63, 3.8) is 0 Å². The normalized spacial score (nSPS) is 22.5. The molecule has 1 saturated carbocycles. The molecular weight excluding hydrogens is 218 g/mol. The van der Waals surface area contributed by atoms with Crippen LogP contribution >= 0.6 is 0 Å². The molecule has 0 aliphatic heterocycles. The zero-order valence-electron chi connectivity index (χ0n) is 10.1. The van der Waals surface area contributed by atoms with Gasteiger partial charge in [-0.05, 0) is 24.1 Å². The van der Waals surface area contributed by atoms with Gasteiger partial charge < -0.3 is 19.9 Å². The summed E-state index contributed by atoms with van der Waals surface area (Å²) in [7, 11) is 1.64. The first-order chi connectivity index (χ1) is 8.31. The lowest BCUT2D eigenvalue weighted by Gasteiger charge is -2.07. The van der Waals surface area contributed by atoms with Crippen LogP contribution in [0.3, 0.4) is 0 Å². The summed E-state index contributed by atoms with van der Waals surface area (Å²) in [5, 5.41) is 0. The van der Waals surface area contributed by atoms with Gasteiger partial charge in [-0.15, -0.1) is 0 Å². The van der Waals surface area contributed by atoms with E-state index in [0.29, 0.717) is 25.2 Å². The van der Waals surface area contributed by atoms with Crippen LogP contribution in [0.25, 0.3) is 0 Å². The number of nitrogens with two attached hydrogens (primary N) is 1. The van der Waals surface area contributed by atoms with E-state index < -0.39 is 0 Å². The van der Waals surface area contributed by atoms with Gasteiger partial charge in [0.05, 0.1) is 13.2 Å². The summed E-state index contributed by atoms with van der Waals surface area (Å²) < 4.78 is 15.5. The van der Waals surface area contributed by atoms with E-state index in [1.54, 1.807) is 7.11 Å². The third kappa shape index (κ3) is 3.70. The van der Waals surface area contributed by atoms with E-state index in [1.165, 1.54) is 5.56 Å². The van der Waals surface area contributed by atoms with E-state index in [0.717, 1.165) is 12.2 Å². The lowest BCUT2D eigenvalue weighted by Crippen LogP contribution is -2.07. The van der Waals surface area contributed by atoms with Crippen molar-refractivity contribution in [2.75, 3.05) is 27.1 Å². The van der Waals surface area contributed by atoms with Crippen molar-refractivity contribution in [2.24, 2.45) is 5.73 Å². The van der Waals surface area contributed by atoms with Crippen LogP contribution in [0, 0.1) is 0 Å². The molecule has 0 amide bonds. The lowest BCUT2D eigenvalue weighted by atomic mass is 10.1. The van der Waals surface area contributed by atoms with Crippen LogP contribution in [0.2, 0.25) is 0 Å². The zero-order chi connectivity index (χ0) is 12.1. The summed E-state index contributed by atoms with van der Waals surface area (Å²) in [6.45, 7) is 1.39. The number of hydrogen-bond donors (Lipinski definition) is 1. The third-order valence-corrected chi connectivity index (χ3v) is 2.89. The standard InChI is InChI=1S/C13H19NO3/c1-15-6-7-16-9-17-11-4-2-10(3-5-11)12-8-13(12)14/h2-5,12-13H,6-9,14H2,1H3. The van der Waals surface area contributed by atoms with Gasteiger partial charge in [-0.2, -0.15) is 0 Å². The predicted octanol–water partition coefficient (Wildman–Crippen LogP) is 1.50. The molecule has 2 unspecified atom stereocenters. The van der Waals surface area contributed by atoms with Crippen molar-refractivity contribution in [3.05, 3.63) is 29.8 Å². The molecule has 2 atom stereocenters. The molecule has 17 heavy (non-hydrogen) atoms. The lowest BCUT2D eigenvalue weighted by molar-refractivity contribution is -0.00847. The van der Waals surface area contributed by atoms with Crippen LogP contribution in [0.15, 0.2) is 24.3 Å². The molecule has 0 radical (unpaired) electrons. The Labute approximate surface area is 102 Å². The SMILES string of the molecule is COCCOCOc1ccc(C2CC2N)cc1. The summed E-state index contributed by atoms with van der Waals surface area (Å²) in [6.07, 6.45) is 1.10. The maximum absolute atomic E-state index is 5.80. The molecular formula is C13H19NO3. The number of ether oxygens (including phenoxy) is 3. The maximum atomic E-state index is 5.80. The van der Waals surface area contributed by atoms with Gasteiger partial charge in [0.15, 0.2) is 6.79 Å². The molecule has 0 saturated heterocycles. The first-order valence-corrected chi connectivity index (χ1v) is 5.86. The second kappa shape index (κ2) is 6.00. The number of benzene rings is 1. The largest absolute Gasteiger partial charge is 0.468 e. The van der Waals surface area contributed by atoms with E-state index >= 15 is 0 Å². The molecule has 0 heterocycles. The van der Waals surface area contributed by atoms with Crippen molar-refractivity contribution in [3.8, 4) is 5.75 Å². The molecule has 0 bridgehead atoms. The molecule has 0 aromatic heterocycles. The van der Waals surface area contributed by atoms with Crippen LogP contribution in [-0.2, 0) is 9.47 Å². The minimum Gasteiger partial charge on any atom is -0.468 e. The smallest absolute Gasteiger partial charge is 0.189 e. The van der Waals surface area contributed by atoms with E-state index in [-0.39, 0.29) is 6.79 Å². The maximum Gasteiger partial charge on any atom is 0.189 e. The summed E-state index contributed by atoms with van der Waals surface area (Å²) >= 11 is 0. The molecule has 1 aliphatic carbocycles. The van der Waals surface area contributed by atoms with Crippen LogP contribution < -0.4 is 10.5 Å². The fourth-order valence-corrected chi connectivity index (χ4v) is 1.72. The molecule has 1 fully saturated rings. The van der Waals surface area contributed by atoms with Gasteiger partial charge in [0.25, 0.3) is 0 Å². The highest BCUT2D eigenvalue weighted by molar-refractivity contribution is 5.33. The summed E-state index contributed by atoms with van der Waals surface area (Å²) in [5.41, 5.74) is 7.10. The van der Waals surface area contributed by atoms with E-state index in [4.69, 9.17) is 19.9 Å². The van der Waals surface area contributed by atoms with Crippen LogP contribution in [0.1, 0.15) is 17.9 Å². The third-order valence-electron chi connectivity index (χ3n) is 2.89. The van der Waals surface area contributed by atoms with Crippen molar-refractivity contribution in [1.29, 1.82) is 0 Å². The quantitative estimate of drug-likeness (QED) is 0.577. The minimum atomic E-state index is 0.256. The number of rotatable bonds is 7. The Hall–Kier alpha value is -1.10. The molecule has 4 heteroatoms. The Balaban J connectivity index is 1.70. The van der Waals surface area contributed by atoms with Gasteiger partial charge in [-0.25, -0.2) is 0 Å². The van der Waals surface area contributed by atoms with Gasteiger partial charge in [-0.3, -0.25) is 0 Å². The topological polar surface area (TPSA) is 53.7 Å². The van der Waals surface area contributed by atoms with Crippen LogP contribution in [0.5, 0.6) is 5.75 Å². The monoisotopic (exact) mass is 237 g/mol. The average Bonchev–Trinajstić information content (AvgIpc) is 3.07. The highest BCUT2D eigenvalue weighted by Crippen LogP contribution is 2.39. The Bertz CT molecular complexity index is 339. The molecule has 4 nitrogen and oxygen atoms in total. The number of methoxy groups -OCH3 is 1. The average molecular weight is 237 g/mol. The Morgan fingerprint density at radius 2 is 1.94 bits per heavy atom. The van der Waals surface area contributed by atoms with E-state index in [1.807, 2.05) is 12.1 Å². The van der Waals surface area contributed by atoms with Crippen LogP contribution in [-0.4, -0.2) is 33.2 Å².